The zero-order chi connectivity index (χ0) is 27.4. The second kappa shape index (κ2) is 11.7. The third-order valence-electron chi connectivity index (χ3n) is 6.10. The maximum Gasteiger partial charge on any atom is 0.338 e. The molecule has 12 nitrogen and oxygen atoms in total. The number of esters is 2. The van der Waals surface area contributed by atoms with Gasteiger partial charge in [0.05, 0.1) is 11.9 Å². The van der Waals surface area contributed by atoms with Crippen LogP contribution in [-0.4, -0.2) is 62.1 Å². The van der Waals surface area contributed by atoms with Crippen LogP contribution in [0, 0.1) is 11.8 Å². The zero-order valence-electron chi connectivity index (χ0n) is 21.0. The van der Waals surface area contributed by atoms with Crippen LogP contribution in [0.3, 0.4) is 0 Å². The van der Waals surface area contributed by atoms with Crippen LogP contribution in [0.2, 0.25) is 0 Å². The molecule has 0 aliphatic carbocycles. The van der Waals surface area contributed by atoms with Gasteiger partial charge < -0.3 is 14.2 Å². The molecule has 1 amide bonds. The summed E-state index contributed by atoms with van der Waals surface area (Å²) < 4.78 is 18.9. The third-order valence-corrected chi connectivity index (χ3v) is 6.32. The molecule has 3 heterocycles. The van der Waals surface area contributed by atoms with Crippen molar-refractivity contribution in [3.63, 3.8) is 0 Å². The van der Waals surface area contributed by atoms with Gasteiger partial charge in [-0.15, -0.1) is 11.6 Å². The van der Waals surface area contributed by atoms with Crippen LogP contribution >= 0.6 is 11.6 Å². The molecule has 38 heavy (non-hydrogen) atoms. The first-order valence-electron chi connectivity index (χ1n) is 12.1. The summed E-state index contributed by atoms with van der Waals surface area (Å²) in [6.45, 7) is 4.55. The van der Waals surface area contributed by atoms with Crippen LogP contribution in [0.15, 0.2) is 41.5 Å². The number of rotatable bonds is 9. The average molecular weight is 546 g/mol. The standard InChI is InChI=1S/C25H28ClN5O7/c1-13(2)21(33)29-25-28-20-18(22(34)30-25)27-12-31(20)23-19(37-14(3)32)16(9-10-26)17(38-23)11-36-24(35)15-7-5-4-6-8-15/h4-8,12-13,16-17,19,23H,9-11H2,1-3H3,(H2,28,29,30,33,34)/t16-,17-,19-,23-/m1/s1. The number of imidazole rings is 1. The second-order valence-corrected chi connectivity index (χ2v) is 9.51. The molecular formula is C25H28ClN5O7. The van der Waals surface area contributed by atoms with Crippen molar-refractivity contribution < 1.29 is 28.6 Å². The lowest BCUT2D eigenvalue weighted by molar-refractivity contribution is -0.153. The van der Waals surface area contributed by atoms with E-state index in [1.807, 2.05) is 0 Å². The normalized spacial score (nSPS) is 21.0. The molecule has 1 aromatic carbocycles. The first-order valence-corrected chi connectivity index (χ1v) is 12.6. The van der Waals surface area contributed by atoms with Crippen LogP contribution in [0.5, 0.6) is 0 Å². The Morgan fingerprint density at radius 2 is 1.97 bits per heavy atom. The molecule has 1 aliphatic rings. The van der Waals surface area contributed by atoms with E-state index in [4.69, 9.17) is 25.8 Å². The molecule has 1 fully saturated rings. The molecule has 0 radical (unpaired) electrons. The number of nitrogens with one attached hydrogen (secondary N) is 2. The minimum atomic E-state index is -0.958. The number of aromatic amines is 1. The number of ether oxygens (including phenoxy) is 3. The Hall–Kier alpha value is -3.77. The number of alkyl halides is 1. The highest BCUT2D eigenvalue weighted by molar-refractivity contribution is 6.17. The molecule has 1 saturated heterocycles. The van der Waals surface area contributed by atoms with E-state index in [0.717, 1.165) is 0 Å². The van der Waals surface area contributed by atoms with Crippen molar-refractivity contribution in [1.29, 1.82) is 0 Å². The SMILES string of the molecule is CC(=O)O[C@@H]1[C@H](CCCl)[C@@H](COC(=O)c2ccccc2)O[C@H]1n1cnc2c(=O)[nH]c(NC(=O)C(C)C)nc21. The molecule has 4 rings (SSSR count). The number of carbonyl (C=O) groups excluding carboxylic acids is 3. The number of fused-ring (bicyclic) bond motifs is 1. The number of halogens is 1. The van der Waals surface area contributed by atoms with Gasteiger partial charge in [0.2, 0.25) is 11.9 Å². The summed E-state index contributed by atoms with van der Waals surface area (Å²) in [5, 5.41) is 2.56. The maximum absolute atomic E-state index is 12.7. The van der Waals surface area contributed by atoms with Crippen molar-refractivity contribution in [2.75, 3.05) is 17.8 Å². The molecule has 0 saturated carbocycles. The second-order valence-electron chi connectivity index (χ2n) is 9.13. The van der Waals surface area contributed by atoms with Crippen molar-refractivity contribution in [2.45, 2.75) is 45.6 Å². The molecule has 0 unspecified atom stereocenters. The van der Waals surface area contributed by atoms with Crippen molar-refractivity contribution in [3.05, 3.63) is 52.6 Å². The maximum atomic E-state index is 12.7. The lowest BCUT2D eigenvalue weighted by atomic mass is 9.95. The highest BCUT2D eigenvalue weighted by atomic mass is 35.5. The van der Waals surface area contributed by atoms with Crippen molar-refractivity contribution in [1.82, 2.24) is 19.5 Å². The van der Waals surface area contributed by atoms with E-state index in [2.05, 4.69) is 20.3 Å². The Kier molecular flexibility index (Phi) is 8.42. The lowest BCUT2D eigenvalue weighted by Gasteiger charge is -2.23. The van der Waals surface area contributed by atoms with E-state index >= 15 is 0 Å². The molecular weight excluding hydrogens is 518 g/mol. The number of hydrogen-bond acceptors (Lipinski definition) is 9. The summed E-state index contributed by atoms with van der Waals surface area (Å²) in [7, 11) is 0. The molecule has 3 aromatic rings. The topological polar surface area (TPSA) is 154 Å². The third kappa shape index (κ3) is 5.86. The monoisotopic (exact) mass is 545 g/mol. The van der Waals surface area contributed by atoms with E-state index in [1.165, 1.54) is 17.8 Å². The Balaban J connectivity index is 1.66. The fraction of sp³-hybridized carbons (Fsp3) is 0.440. The molecule has 0 bridgehead atoms. The number of hydrogen-bond donors (Lipinski definition) is 2. The first kappa shape index (κ1) is 27.3. The van der Waals surface area contributed by atoms with Gasteiger partial charge >= 0.3 is 11.9 Å². The van der Waals surface area contributed by atoms with E-state index in [9.17, 15) is 19.2 Å². The predicted molar refractivity (Wildman–Crippen MR) is 137 cm³/mol. The van der Waals surface area contributed by atoms with Crippen LogP contribution in [0.1, 0.15) is 43.8 Å². The predicted octanol–water partition coefficient (Wildman–Crippen LogP) is 2.65. The van der Waals surface area contributed by atoms with Crippen molar-refractivity contribution in [2.24, 2.45) is 11.8 Å². The number of nitrogens with zero attached hydrogens (tertiary/aromatic N) is 3. The smallest absolute Gasteiger partial charge is 0.338 e. The van der Waals surface area contributed by atoms with Crippen molar-refractivity contribution >= 4 is 46.6 Å². The summed E-state index contributed by atoms with van der Waals surface area (Å²) in [6, 6.07) is 8.50. The fourth-order valence-electron chi connectivity index (χ4n) is 4.23. The Morgan fingerprint density at radius 1 is 1.24 bits per heavy atom. The zero-order valence-corrected chi connectivity index (χ0v) is 21.8. The number of amides is 1. The van der Waals surface area contributed by atoms with Crippen LogP contribution in [0.25, 0.3) is 11.2 Å². The number of anilines is 1. The molecule has 0 spiro atoms. The number of benzene rings is 1. The van der Waals surface area contributed by atoms with E-state index < -0.39 is 41.9 Å². The quantitative estimate of drug-likeness (QED) is 0.305. The van der Waals surface area contributed by atoms with E-state index in [0.29, 0.717) is 12.0 Å². The molecule has 4 atom stereocenters. The van der Waals surface area contributed by atoms with Gasteiger partial charge in [0.25, 0.3) is 5.56 Å². The van der Waals surface area contributed by atoms with Gasteiger partial charge in [0.15, 0.2) is 23.5 Å². The van der Waals surface area contributed by atoms with E-state index in [1.54, 1.807) is 44.2 Å². The minimum absolute atomic E-state index is 0.00516. The first-order chi connectivity index (χ1) is 18.2. The molecule has 202 valence electrons. The molecule has 2 N–H and O–H groups in total. The van der Waals surface area contributed by atoms with Crippen LogP contribution in [0.4, 0.5) is 5.95 Å². The van der Waals surface area contributed by atoms with Gasteiger partial charge in [-0.1, -0.05) is 32.0 Å². The summed E-state index contributed by atoms with van der Waals surface area (Å²) in [5.41, 5.74) is -0.0694. The van der Waals surface area contributed by atoms with Gasteiger partial charge in [0.1, 0.15) is 12.7 Å². The van der Waals surface area contributed by atoms with Gasteiger partial charge in [-0.2, -0.15) is 4.98 Å². The number of carbonyl (C=O) groups is 3. The van der Waals surface area contributed by atoms with Gasteiger partial charge in [-0.3, -0.25) is 29.3 Å². The van der Waals surface area contributed by atoms with Crippen LogP contribution < -0.4 is 10.9 Å². The van der Waals surface area contributed by atoms with Gasteiger partial charge in [-0.05, 0) is 18.6 Å². The number of H-pyrrole nitrogens is 1. The molecule has 2 aromatic heterocycles. The largest absolute Gasteiger partial charge is 0.459 e. The minimum Gasteiger partial charge on any atom is -0.459 e. The van der Waals surface area contributed by atoms with Crippen LogP contribution in [-0.2, 0) is 23.8 Å². The van der Waals surface area contributed by atoms with E-state index in [-0.39, 0.29) is 41.4 Å². The van der Waals surface area contributed by atoms with Gasteiger partial charge in [-0.25, -0.2) is 9.78 Å². The molecule has 1 aliphatic heterocycles. The highest BCUT2D eigenvalue weighted by Gasteiger charge is 2.48. The summed E-state index contributed by atoms with van der Waals surface area (Å²) in [6.07, 6.45) is -0.757. The number of aromatic nitrogens is 4. The fourth-order valence-corrected chi connectivity index (χ4v) is 4.48. The summed E-state index contributed by atoms with van der Waals surface area (Å²) in [4.78, 5) is 60.4. The highest BCUT2D eigenvalue weighted by Crippen LogP contribution is 2.39. The summed E-state index contributed by atoms with van der Waals surface area (Å²) in [5.74, 6) is -2.03. The summed E-state index contributed by atoms with van der Waals surface area (Å²) >= 11 is 6.07. The lowest BCUT2D eigenvalue weighted by Crippen LogP contribution is -2.33. The Labute approximate surface area is 222 Å². The average Bonchev–Trinajstić information content (AvgIpc) is 3.44. The molecule has 13 heteroatoms. The Bertz CT molecular complexity index is 1370. The van der Waals surface area contributed by atoms with Crippen molar-refractivity contribution in [3.8, 4) is 0 Å². The van der Waals surface area contributed by atoms with Gasteiger partial charge in [0, 0.05) is 24.6 Å². The Morgan fingerprint density at radius 3 is 2.63 bits per heavy atom.